The molecule has 4 nitrogen and oxygen atoms in total. The number of carbonyl (C=O) groups excluding carboxylic acids is 1. The normalized spacial score (nSPS) is 31.5. The molecule has 1 aromatic carbocycles. The van der Waals surface area contributed by atoms with Crippen LogP contribution in [0.25, 0.3) is 0 Å². The van der Waals surface area contributed by atoms with Crippen molar-refractivity contribution in [2.75, 3.05) is 6.54 Å². The van der Waals surface area contributed by atoms with Crippen LogP contribution in [0.1, 0.15) is 31.6 Å². The lowest BCUT2D eigenvalue weighted by Gasteiger charge is -2.26. The summed E-state index contributed by atoms with van der Waals surface area (Å²) in [4.78, 5) is 13.8. The topological polar surface area (TPSA) is 55.6 Å². The fraction of sp³-hybridized carbons (Fsp3) is 0.533. The van der Waals surface area contributed by atoms with Crippen molar-refractivity contribution in [2.45, 2.75) is 38.1 Å². The van der Waals surface area contributed by atoms with Crippen LogP contribution in [0, 0.1) is 5.92 Å². The van der Waals surface area contributed by atoms with Crippen LogP contribution in [-0.2, 0) is 9.53 Å². The van der Waals surface area contributed by atoms with E-state index in [4.69, 9.17) is 10.5 Å². The summed E-state index contributed by atoms with van der Waals surface area (Å²) in [5.41, 5.74) is 6.54. The average Bonchev–Trinajstić information content (AvgIpc) is 3.16. The number of amides is 1. The Hall–Kier alpha value is -1.39. The molecule has 1 aliphatic carbocycles. The van der Waals surface area contributed by atoms with Crippen LogP contribution in [0.4, 0.5) is 0 Å². The Labute approximate surface area is 113 Å². The van der Waals surface area contributed by atoms with Crippen molar-refractivity contribution in [2.24, 2.45) is 11.7 Å². The number of nitrogens with zero attached hydrogens (tertiary/aromatic N) is 1. The van der Waals surface area contributed by atoms with Crippen molar-refractivity contribution in [3.63, 3.8) is 0 Å². The van der Waals surface area contributed by atoms with Crippen molar-refractivity contribution < 1.29 is 9.53 Å². The number of ether oxygens (including phenoxy) is 1. The highest BCUT2D eigenvalue weighted by atomic mass is 16.5. The fourth-order valence-corrected chi connectivity index (χ4v) is 2.77. The van der Waals surface area contributed by atoms with E-state index in [1.807, 2.05) is 37.3 Å². The first-order valence-corrected chi connectivity index (χ1v) is 6.92. The molecule has 0 spiro atoms. The van der Waals surface area contributed by atoms with Gasteiger partial charge in [0, 0.05) is 12.6 Å². The van der Waals surface area contributed by atoms with Crippen LogP contribution in [0.15, 0.2) is 30.3 Å². The first-order chi connectivity index (χ1) is 9.16. The highest BCUT2D eigenvalue weighted by Crippen LogP contribution is 2.39. The van der Waals surface area contributed by atoms with Gasteiger partial charge >= 0.3 is 0 Å². The lowest BCUT2D eigenvalue weighted by atomic mass is 10.1. The lowest BCUT2D eigenvalue weighted by molar-refractivity contribution is -0.129. The second-order valence-corrected chi connectivity index (χ2v) is 5.60. The predicted molar refractivity (Wildman–Crippen MR) is 72.1 cm³/mol. The second kappa shape index (κ2) is 4.94. The summed E-state index contributed by atoms with van der Waals surface area (Å²) < 4.78 is 5.91. The van der Waals surface area contributed by atoms with Gasteiger partial charge in [0.1, 0.15) is 6.23 Å². The summed E-state index contributed by atoms with van der Waals surface area (Å²) in [7, 11) is 0. The smallest absolute Gasteiger partial charge is 0.248 e. The van der Waals surface area contributed by atoms with Crippen LogP contribution in [0.5, 0.6) is 0 Å². The fourth-order valence-electron chi connectivity index (χ4n) is 2.77. The van der Waals surface area contributed by atoms with E-state index < -0.39 is 6.10 Å². The van der Waals surface area contributed by atoms with E-state index in [2.05, 4.69) is 4.90 Å². The molecule has 1 saturated carbocycles. The molecular formula is C15H20N2O2. The van der Waals surface area contributed by atoms with E-state index in [9.17, 15) is 4.79 Å². The van der Waals surface area contributed by atoms with Crippen molar-refractivity contribution in [1.82, 2.24) is 4.90 Å². The van der Waals surface area contributed by atoms with Crippen molar-refractivity contribution in [3.8, 4) is 0 Å². The first-order valence-electron chi connectivity index (χ1n) is 6.92. The van der Waals surface area contributed by atoms with Gasteiger partial charge in [0.2, 0.25) is 5.91 Å². The number of benzene rings is 1. The number of nitrogens with two attached hydrogens (primary N) is 1. The highest BCUT2D eigenvalue weighted by Gasteiger charge is 2.44. The lowest BCUT2D eigenvalue weighted by Crippen LogP contribution is -2.41. The molecule has 1 aliphatic heterocycles. The number of rotatable bonds is 4. The molecule has 0 radical (unpaired) electrons. The second-order valence-electron chi connectivity index (χ2n) is 5.60. The van der Waals surface area contributed by atoms with Gasteiger partial charge in [-0.15, -0.1) is 0 Å². The van der Waals surface area contributed by atoms with E-state index in [-0.39, 0.29) is 18.2 Å². The van der Waals surface area contributed by atoms with Gasteiger partial charge in [0.05, 0.1) is 0 Å². The molecular weight excluding hydrogens is 240 g/mol. The number of hydrogen-bond donors (Lipinski definition) is 1. The zero-order valence-corrected chi connectivity index (χ0v) is 11.2. The minimum Gasteiger partial charge on any atom is -0.367 e. The van der Waals surface area contributed by atoms with Crippen LogP contribution < -0.4 is 5.73 Å². The molecule has 2 fully saturated rings. The van der Waals surface area contributed by atoms with Gasteiger partial charge in [-0.05, 0) is 31.2 Å². The maximum atomic E-state index is 11.5. The van der Waals surface area contributed by atoms with Gasteiger partial charge in [0.25, 0.3) is 0 Å². The van der Waals surface area contributed by atoms with E-state index >= 15 is 0 Å². The predicted octanol–water partition coefficient (Wildman–Crippen LogP) is 1.67. The molecule has 2 N–H and O–H groups in total. The molecule has 2 aliphatic rings. The molecule has 1 aromatic rings. The monoisotopic (exact) mass is 260 g/mol. The van der Waals surface area contributed by atoms with E-state index in [1.165, 1.54) is 12.8 Å². The van der Waals surface area contributed by atoms with E-state index in [0.717, 1.165) is 18.0 Å². The highest BCUT2D eigenvalue weighted by molar-refractivity contribution is 5.80. The van der Waals surface area contributed by atoms with Gasteiger partial charge in [0.15, 0.2) is 6.10 Å². The molecule has 102 valence electrons. The Morgan fingerprint density at radius 3 is 2.63 bits per heavy atom. The molecule has 4 heteroatoms. The van der Waals surface area contributed by atoms with Crippen LogP contribution in [-0.4, -0.2) is 29.5 Å². The average molecular weight is 260 g/mol. The zero-order chi connectivity index (χ0) is 13.4. The maximum absolute atomic E-state index is 11.5. The molecule has 0 aromatic heterocycles. The summed E-state index contributed by atoms with van der Waals surface area (Å²) in [5.74, 6) is 0.385. The van der Waals surface area contributed by atoms with Crippen LogP contribution >= 0.6 is 0 Å². The Morgan fingerprint density at radius 1 is 1.37 bits per heavy atom. The van der Waals surface area contributed by atoms with E-state index in [0.29, 0.717) is 0 Å². The number of hydrogen-bond acceptors (Lipinski definition) is 3. The minimum atomic E-state index is -0.510. The van der Waals surface area contributed by atoms with Gasteiger partial charge in [-0.1, -0.05) is 30.3 Å². The largest absolute Gasteiger partial charge is 0.367 e. The zero-order valence-electron chi connectivity index (χ0n) is 11.2. The number of primary amides is 1. The van der Waals surface area contributed by atoms with Gasteiger partial charge < -0.3 is 10.5 Å². The third-order valence-corrected chi connectivity index (χ3v) is 4.07. The molecule has 1 heterocycles. The Balaban J connectivity index is 1.85. The quantitative estimate of drug-likeness (QED) is 0.896. The van der Waals surface area contributed by atoms with Crippen molar-refractivity contribution >= 4 is 5.91 Å². The van der Waals surface area contributed by atoms with Crippen molar-refractivity contribution in [1.29, 1.82) is 0 Å². The molecule has 1 saturated heterocycles. The first kappa shape index (κ1) is 12.6. The van der Waals surface area contributed by atoms with Crippen molar-refractivity contribution in [3.05, 3.63) is 35.9 Å². The SMILES string of the molecule is CC1C(C(N)=O)OC(c2ccccc2)N1CC1CC1. The minimum absolute atomic E-state index is 0.0447. The molecule has 19 heavy (non-hydrogen) atoms. The molecule has 3 unspecified atom stereocenters. The Morgan fingerprint density at radius 2 is 2.05 bits per heavy atom. The Kier molecular flexibility index (Phi) is 3.29. The molecule has 1 amide bonds. The number of carbonyl (C=O) groups is 1. The summed E-state index contributed by atoms with van der Waals surface area (Å²) in [6, 6.07) is 10.1. The van der Waals surface area contributed by atoms with Gasteiger partial charge in [-0.25, -0.2) is 0 Å². The molecule has 0 bridgehead atoms. The summed E-state index contributed by atoms with van der Waals surface area (Å²) in [6.45, 7) is 3.02. The Bertz CT molecular complexity index is 458. The standard InChI is InChI=1S/C15H20N2O2/c1-10-13(14(16)18)19-15(12-5-3-2-4-6-12)17(10)9-11-7-8-11/h2-6,10-11,13,15H,7-9H2,1H3,(H2,16,18). The summed E-state index contributed by atoms with van der Waals surface area (Å²) in [5, 5.41) is 0. The summed E-state index contributed by atoms with van der Waals surface area (Å²) >= 11 is 0. The van der Waals surface area contributed by atoms with Gasteiger partial charge in [-0.2, -0.15) is 0 Å². The third-order valence-electron chi connectivity index (χ3n) is 4.07. The van der Waals surface area contributed by atoms with E-state index in [1.54, 1.807) is 0 Å². The molecule has 3 rings (SSSR count). The summed E-state index contributed by atoms with van der Waals surface area (Å²) in [6.07, 6.45) is 1.91. The molecule has 3 atom stereocenters. The van der Waals surface area contributed by atoms with Crippen LogP contribution in [0.2, 0.25) is 0 Å². The maximum Gasteiger partial charge on any atom is 0.248 e. The van der Waals surface area contributed by atoms with Gasteiger partial charge in [-0.3, -0.25) is 9.69 Å². The third kappa shape index (κ3) is 2.51. The van der Waals surface area contributed by atoms with Crippen LogP contribution in [0.3, 0.4) is 0 Å².